The number of hydrogen-bond donors (Lipinski definition) is 1. The van der Waals surface area contributed by atoms with E-state index in [2.05, 4.69) is 10.3 Å². The van der Waals surface area contributed by atoms with Gasteiger partial charge in [0.25, 0.3) is 0 Å². The summed E-state index contributed by atoms with van der Waals surface area (Å²) in [5, 5.41) is 4.25. The molecule has 1 aliphatic rings. The summed E-state index contributed by atoms with van der Waals surface area (Å²) >= 11 is 1.79. The second-order valence-corrected chi connectivity index (χ2v) is 11.5. The molecule has 6 nitrogen and oxygen atoms in total. The van der Waals surface area contributed by atoms with Crippen molar-refractivity contribution in [1.82, 2.24) is 15.2 Å². The number of nitrogens with zero attached hydrogens (tertiary/aromatic N) is 3. The standard InChI is InChI=1S/C17H30N4O2S2.HI/c1-17(2,3)25(22,23)11-10-19-16(18-4)21(5)12-15-20-13-8-6-7-9-14(13)24-15;/h6-12H2,1-5H3,(H,18,19);1H. The molecule has 0 unspecified atom stereocenters. The number of thiazole rings is 1. The lowest BCUT2D eigenvalue weighted by Crippen LogP contribution is -2.42. The van der Waals surface area contributed by atoms with E-state index in [0.29, 0.717) is 19.0 Å². The topological polar surface area (TPSA) is 74.7 Å². The molecule has 0 fully saturated rings. The van der Waals surface area contributed by atoms with Crippen molar-refractivity contribution in [2.75, 3.05) is 26.4 Å². The minimum absolute atomic E-state index is 0. The molecule has 0 aromatic carbocycles. The molecule has 26 heavy (non-hydrogen) atoms. The maximum absolute atomic E-state index is 12.2. The van der Waals surface area contributed by atoms with Crippen molar-refractivity contribution in [2.24, 2.45) is 4.99 Å². The van der Waals surface area contributed by atoms with E-state index in [0.717, 1.165) is 17.8 Å². The fourth-order valence-electron chi connectivity index (χ4n) is 2.74. The van der Waals surface area contributed by atoms with E-state index in [-0.39, 0.29) is 29.7 Å². The highest BCUT2D eigenvalue weighted by Crippen LogP contribution is 2.27. The molecule has 0 amide bonds. The van der Waals surface area contributed by atoms with Crippen LogP contribution in [0.15, 0.2) is 4.99 Å². The van der Waals surface area contributed by atoms with Crippen molar-refractivity contribution in [2.45, 2.75) is 57.7 Å². The van der Waals surface area contributed by atoms with Crippen molar-refractivity contribution in [3.63, 3.8) is 0 Å². The zero-order chi connectivity index (χ0) is 18.7. The molecule has 1 heterocycles. The zero-order valence-corrected chi connectivity index (χ0v) is 20.3. The van der Waals surface area contributed by atoms with Crippen molar-refractivity contribution < 1.29 is 8.42 Å². The molecule has 0 spiro atoms. The largest absolute Gasteiger partial charge is 0.355 e. The molecule has 150 valence electrons. The third kappa shape index (κ3) is 6.05. The van der Waals surface area contributed by atoms with Gasteiger partial charge in [-0.05, 0) is 46.5 Å². The summed E-state index contributed by atoms with van der Waals surface area (Å²) in [7, 11) is 0.530. The minimum Gasteiger partial charge on any atom is -0.355 e. The summed E-state index contributed by atoms with van der Waals surface area (Å²) in [5.74, 6) is 0.784. The normalized spacial score (nSPS) is 15.2. The zero-order valence-electron chi connectivity index (χ0n) is 16.3. The molecule has 0 radical (unpaired) electrons. The Morgan fingerprint density at radius 2 is 1.96 bits per heavy atom. The maximum atomic E-state index is 12.2. The molecule has 2 rings (SSSR count). The van der Waals surface area contributed by atoms with Crippen LogP contribution in [0, 0.1) is 0 Å². The van der Waals surface area contributed by atoms with Gasteiger partial charge in [-0.15, -0.1) is 35.3 Å². The Hall–Kier alpha value is -0.420. The molecule has 0 saturated carbocycles. The van der Waals surface area contributed by atoms with E-state index in [1.807, 2.05) is 11.9 Å². The fourth-order valence-corrected chi connectivity index (χ4v) is 4.93. The van der Waals surface area contributed by atoms with Gasteiger partial charge in [0.2, 0.25) is 0 Å². The van der Waals surface area contributed by atoms with Gasteiger partial charge < -0.3 is 10.2 Å². The first-order valence-corrected chi connectivity index (χ1v) is 11.2. The number of guanidine groups is 1. The number of fused-ring (bicyclic) bond motifs is 1. The first-order chi connectivity index (χ1) is 11.6. The lowest BCUT2D eigenvalue weighted by Gasteiger charge is -2.23. The molecule has 1 aromatic heterocycles. The third-order valence-electron chi connectivity index (χ3n) is 4.42. The molecule has 0 aliphatic heterocycles. The van der Waals surface area contributed by atoms with Crippen LogP contribution in [0.25, 0.3) is 0 Å². The lowest BCUT2D eigenvalue weighted by molar-refractivity contribution is 0.476. The van der Waals surface area contributed by atoms with Gasteiger partial charge in [-0.2, -0.15) is 0 Å². The van der Waals surface area contributed by atoms with Gasteiger partial charge >= 0.3 is 0 Å². The number of aryl methyl sites for hydroxylation is 2. The van der Waals surface area contributed by atoms with Gasteiger partial charge in [-0.25, -0.2) is 13.4 Å². The number of halogens is 1. The number of rotatable bonds is 5. The highest BCUT2D eigenvalue weighted by molar-refractivity contribution is 14.0. The van der Waals surface area contributed by atoms with Crippen molar-refractivity contribution in [1.29, 1.82) is 0 Å². The van der Waals surface area contributed by atoms with Crippen molar-refractivity contribution in [3.05, 3.63) is 15.6 Å². The molecule has 1 aromatic rings. The predicted molar refractivity (Wildman–Crippen MR) is 121 cm³/mol. The predicted octanol–water partition coefficient (Wildman–Crippen LogP) is 2.86. The average Bonchev–Trinajstić information content (AvgIpc) is 2.92. The molecule has 1 N–H and O–H groups in total. The Morgan fingerprint density at radius 3 is 2.54 bits per heavy atom. The number of sulfone groups is 1. The summed E-state index contributed by atoms with van der Waals surface area (Å²) in [5.41, 5.74) is 1.26. The molecule has 1 aliphatic carbocycles. The molecule has 0 atom stereocenters. The average molecular weight is 514 g/mol. The van der Waals surface area contributed by atoms with Gasteiger partial charge in [-0.1, -0.05) is 0 Å². The van der Waals surface area contributed by atoms with E-state index in [9.17, 15) is 8.42 Å². The van der Waals surface area contributed by atoms with Crippen LogP contribution in [0.3, 0.4) is 0 Å². The Labute approximate surface area is 178 Å². The molecular formula is C17H31IN4O2S2. The first kappa shape index (κ1) is 23.6. The van der Waals surface area contributed by atoms with Crippen LogP contribution in [0.2, 0.25) is 0 Å². The van der Waals surface area contributed by atoms with Crippen molar-refractivity contribution >= 4 is 51.1 Å². The summed E-state index contributed by atoms with van der Waals surface area (Å²) < 4.78 is 23.7. The SMILES string of the molecule is CN=C(NCCS(=O)(=O)C(C)(C)C)N(C)Cc1nc2c(s1)CCCC2.I. The fraction of sp³-hybridized carbons (Fsp3) is 0.765. The van der Waals surface area contributed by atoms with Gasteiger partial charge in [0.05, 0.1) is 22.7 Å². The number of hydrogen-bond acceptors (Lipinski definition) is 5. The summed E-state index contributed by atoms with van der Waals surface area (Å²) in [4.78, 5) is 12.4. The van der Waals surface area contributed by atoms with E-state index in [4.69, 9.17) is 4.98 Å². The summed E-state index contributed by atoms with van der Waals surface area (Å²) in [6.45, 7) is 6.23. The smallest absolute Gasteiger partial charge is 0.193 e. The third-order valence-corrected chi connectivity index (χ3v) is 8.17. The van der Waals surface area contributed by atoms with E-state index in [1.165, 1.54) is 23.4 Å². The van der Waals surface area contributed by atoms with Gasteiger partial charge in [-0.3, -0.25) is 4.99 Å². The quantitative estimate of drug-likeness (QED) is 0.372. The van der Waals surface area contributed by atoms with Crippen LogP contribution in [0.1, 0.15) is 49.2 Å². The Kier molecular flexibility index (Phi) is 8.79. The first-order valence-electron chi connectivity index (χ1n) is 8.75. The van der Waals surface area contributed by atoms with Gasteiger partial charge in [0, 0.05) is 25.5 Å². The molecular weight excluding hydrogens is 483 g/mol. The lowest BCUT2D eigenvalue weighted by atomic mass is 10.0. The second-order valence-electron chi connectivity index (χ2n) is 7.45. The van der Waals surface area contributed by atoms with Crippen LogP contribution in [0.4, 0.5) is 0 Å². The highest BCUT2D eigenvalue weighted by Gasteiger charge is 2.28. The van der Waals surface area contributed by atoms with Gasteiger partial charge in [0.15, 0.2) is 15.8 Å². The molecule has 0 bridgehead atoms. The minimum atomic E-state index is -3.13. The summed E-state index contributed by atoms with van der Waals surface area (Å²) in [6, 6.07) is 0. The van der Waals surface area contributed by atoms with E-state index < -0.39 is 14.6 Å². The van der Waals surface area contributed by atoms with Crippen LogP contribution in [-0.2, 0) is 29.2 Å². The van der Waals surface area contributed by atoms with Crippen LogP contribution >= 0.6 is 35.3 Å². The van der Waals surface area contributed by atoms with Crippen LogP contribution in [-0.4, -0.2) is 55.4 Å². The van der Waals surface area contributed by atoms with Crippen molar-refractivity contribution in [3.8, 4) is 0 Å². The molecule has 0 saturated heterocycles. The molecule has 9 heteroatoms. The second kappa shape index (κ2) is 9.68. The Morgan fingerprint density at radius 1 is 1.31 bits per heavy atom. The number of nitrogens with one attached hydrogen (secondary N) is 1. The highest BCUT2D eigenvalue weighted by atomic mass is 127. The van der Waals surface area contributed by atoms with Crippen LogP contribution in [0.5, 0.6) is 0 Å². The van der Waals surface area contributed by atoms with E-state index in [1.54, 1.807) is 39.2 Å². The van der Waals surface area contributed by atoms with E-state index >= 15 is 0 Å². The maximum Gasteiger partial charge on any atom is 0.193 e. The Balaban J connectivity index is 0.00000338. The van der Waals surface area contributed by atoms with Gasteiger partial charge in [0.1, 0.15) is 5.01 Å². The summed E-state index contributed by atoms with van der Waals surface area (Å²) in [6.07, 6.45) is 4.73. The number of aliphatic imine (C=N–C) groups is 1. The number of aromatic nitrogens is 1. The Bertz CT molecular complexity index is 700. The van der Waals surface area contributed by atoms with Crippen LogP contribution < -0.4 is 5.32 Å². The monoisotopic (exact) mass is 514 g/mol.